The Bertz CT molecular complexity index is 688. The van der Waals surface area contributed by atoms with Crippen molar-refractivity contribution in [2.24, 2.45) is 0 Å². The molecule has 1 amide bonds. The lowest BCUT2D eigenvalue weighted by Gasteiger charge is -2.14. The van der Waals surface area contributed by atoms with Crippen molar-refractivity contribution < 1.29 is 14.7 Å². The number of rotatable bonds is 5. The van der Waals surface area contributed by atoms with Crippen molar-refractivity contribution in [1.82, 2.24) is 9.88 Å². The van der Waals surface area contributed by atoms with Gasteiger partial charge in [-0.15, -0.1) is 0 Å². The van der Waals surface area contributed by atoms with E-state index in [0.29, 0.717) is 18.7 Å². The monoisotopic (exact) mass is 288 g/mol. The summed E-state index contributed by atoms with van der Waals surface area (Å²) in [6.45, 7) is 6.25. The third-order valence-electron chi connectivity index (χ3n) is 3.77. The molecule has 0 aliphatic carbocycles. The van der Waals surface area contributed by atoms with E-state index in [9.17, 15) is 9.59 Å². The molecule has 1 atom stereocenters. The number of aromatic nitrogens is 1. The van der Waals surface area contributed by atoms with Gasteiger partial charge in [0, 0.05) is 17.4 Å². The van der Waals surface area contributed by atoms with E-state index in [0.717, 1.165) is 16.5 Å². The fourth-order valence-corrected chi connectivity index (χ4v) is 2.66. The first-order valence-corrected chi connectivity index (χ1v) is 7.12. The molecule has 112 valence electrons. The van der Waals surface area contributed by atoms with E-state index in [1.54, 1.807) is 6.92 Å². The minimum Gasteiger partial charge on any atom is -0.480 e. The highest BCUT2D eigenvalue weighted by molar-refractivity contribution is 6.02. The summed E-state index contributed by atoms with van der Waals surface area (Å²) in [5, 5.41) is 12.7. The van der Waals surface area contributed by atoms with Crippen LogP contribution in [0.5, 0.6) is 0 Å². The Labute approximate surface area is 123 Å². The maximum Gasteiger partial charge on any atom is 0.326 e. The average molecular weight is 288 g/mol. The Kier molecular flexibility index (Phi) is 4.31. The number of fused-ring (bicyclic) bond motifs is 1. The van der Waals surface area contributed by atoms with Gasteiger partial charge in [-0.2, -0.15) is 0 Å². The number of nitrogens with one attached hydrogen (secondary N) is 1. The van der Waals surface area contributed by atoms with E-state index in [1.165, 1.54) is 0 Å². The summed E-state index contributed by atoms with van der Waals surface area (Å²) in [5.41, 5.74) is 2.41. The van der Waals surface area contributed by atoms with Gasteiger partial charge >= 0.3 is 5.97 Å². The van der Waals surface area contributed by atoms with Crippen molar-refractivity contribution in [3.05, 3.63) is 35.5 Å². The lowest BCUT2D eigenvalue weighted by molar-refractivity contribution is -0.139. The molecule has 2 N–H and O–H groups in total. The molecule has 0 saturated carbocycles. The molecule has 5 heteroatoms. The molecular formula is C16H20N2O3. The number of nitrogens with zero attached hydrogens (tertiary/aromatic N) is 1. The predicted octanol–water partition coefficient (Wildman–Crippen LogP) is 2.56. The number of carboxylic acid groups (broad SMARTS) is 1. The quantitative estimate of drug-likeness (QED) is 0.888. The van der Waals surface area contributed by atoms with Gasteiger partial charge in [-0.05, 0) is 31.9 Å². The maximum atomic E-state index is 12.5. The lowest BCUT2D eigenvalue weighted by atomic mass is 10.1. The SMILES string of the molecule is CCC(NC(=O)c1c(C)c2ccccc2n1CC)C(=O)O. The average Bonchev–Trinajstić information content (AvgIpc) is 2.77. The number of para-hydroxylation sites is 1. The molecule has 1 unspecified atom stereocenters. The molecule has 0 spiro atoms. The van der Waals surface area contributed by atoms with Gasteiger partial charge in [-0.25, -0.2) is 4.79 Å². The van der Waals surface area contributed by atoms with Gasteiger partial charge in [-0.3, -0.25) is 4.79 Å². The molecular weight excluding hydrogens is 268 g/mol. The molecule has 5 nitrogen and oxygen atoms in total. The highest BCUT2D eigenvalue weighted by Crippen LogP contribution is 2.25. The molecule has 0 aliphatic rings. The van der Waals surface area contributed by atoms with Crippen LogP contribution in [0.2, 0.25) is 0 Å². The van der Waals surface area contributed by atoms with E-state index in [1.807, 2.05) is 42.7 Å². The van der Waals surface area contributed by atoms with E-state index >= 15 is 0 Å². The van der Waals surface area contributed by atoms with Gasteiger partial charge in [0.15, 0.2) is 0 Å². The zero-order valence-electron chi connectivity index (χ0n) is 12.5. The van der Waals surface area contributed by atoms with Gasteiger partial charge in [0.2, 0.25) is 0 Å². The first kappa shape index (κ1) is 15.1. The smallest absolute Gasteiger partial charge is 0.326 e. The van der Waals surface area contributed by atoms with Crippen molar-refractivity contribution in [2.45, 2.75) is 39.8 Å². The number of carbonyl (C=O) groups excluding carboxylic acids is 1. The normalized spacial score (nSPS) is 12.3. The van der Waals surface area contributed by atoms with Gasteiger partial charge in [0.1, 0.15) is 11.7 Å². The third kappa shape index (κ3) is 2.63. The molecule has 2 aromatic rings. The van der Waals surface area contributed by atoms with Crippen LogP contribution in [0.25, 0.3) is 10.9 Å². The summed E-state index contributed by atoms with van der Waals surface area (Å²) < 4.78 is 1.93. The van der Waals surface area contributed by atoms with Crippen LogP contribution in [-0.2, 0) is 11.3 Å². The zero-order valence-corrected chi connectivity index (χ0v) is 12.5. The molecule has 2 rings (SSSR count). The first-order valence-electron chi connectivity index (χ1n) is 7.12. The predicted molar refractivity (Wildman–Crippen MR) is 81.5 cm³/mol. The van der Waals surface area contributed by atoms with Crippen molar-refractivity contribution in [1.29, 1.82) is 0 Å². The molecule has 0 saturated heterocycles. The Morgan fingerprint density at radius 3 is 2.52 bits per heavy atom. The number of hydrogen-bond donors (Lipinski definition) is 2. The van der Waals surface area contributed by atoms with Crippen LogP contribution < -0.4 is 5.32 Å². The summed E-state index contributed by atoms with van der Waals surface area (Å²) in [5.74, 6) is -1.34. The van der Waals surface area contributed by atoms with Crippen LogP contribution in [0.3, 0.4) is 0 Å². The van der Waals surface area contributed by atoms with E-state index < -0.39 is 12.0 Å². The van der Waals surface area contributed by atoms with Gasteiger partial charge in [0.25, 0.3) is 5.91 Å². The van der Waals surface area contributed by atoms with E-state index in [4.69, 9.17) is 5.11 Å². The van der Waals surface area contributed by atoms with Crippen molar-refractivity contribution >= 4 is 22.8 Å². The summed E-state index contributed by atoms with van der Waals surface area (Å²) in [6.07, 6.45) is 0.354. The number of aryl methyl sites for hydroxylation is 2. The molecule has 1 heterocycles. The highest BCUT2D eigenvalue weighted by Gasteiger charge is 2.23. The minimum absolute atomic E-state index is 0.334. The van der Waals surface area contributed by atoms with Gasteiger partial charge < -0.3 is 15.0 Å². The third-order valence-corrected chi connectivity index (χ3v) is 3.77. The second-order valence-corrected chi connectivity index (χ2v) is 5.01. The summed E-state index contributed by atoms with van der Waals surface area (Å²) in [4.78, 5) is 23.6. The lowest BCUT2D eigenvalue weighted by Crippen LogP contribution is -2.41. The molecule has 0 aliphatic heterocycles. The fourth-order valence-electron chi connectivity index (χ4n) is 2.66. The van der Waals surface area contributed by atoms with E-state index in [2.05, 4.69) is 5.32 Å². The van der Waals surface area contributed by atoms with Crippen LogP contribution in [0.15, 0.2) is 24.3 Å². The molecule has 0 fully saturated rings. The Balaban J connectivity index is 2.48. The summed E-state index contributed by atoms with van der Waals surface area (Å²) in [7, 11) is 0. The first-order chi connectivity index (χ1) is 10.0. The molecule has 1 aromatic heterocycles. The summed E-state index contributed by atoms with van der Waals surface area (Å²) in [6, 6.07) is 6.95. The van der Waals surface area contributed by atoms with Crippen molar-refractivity contribution in [3.63, 3.8) is 0 Å². The number of carboxylic acids is 1. The van der Waals surface area contributed by atoms with Gasteiger partial charge in [0.05, 0.1) is 0 Å². The number of benzene rings is 1. The fraction of sp³-hybridized carbons (Fsp3) is 0.375. The second-order valence-electron chi connectivity index (χ2n) is 5.01. The van der Waals surface area contributed by atoms with E-state index in [-0.39, 0.29) is 5.91 Å². The largest absolute Gasteiger partial charge is 0.480 e. The second kappa shape index (κ2) is 5.99. The Morgan fingerprint density at radius 1 is 1.29 bits per heavy atom. The number of amides is 1. The molecule has 1 aromatic carbocycles. The standard InChI is InChI=1S/C16H20N2O3/c1-4-12(16(20)21)17-15(19)14-10(3)11-8-6-7-9-13(11)18(14)5-2/h6-9,12H,4-5H2,1-3H3,(H,17,19)(H,20,21). The van der Waals surface area contributed by atoms with Crippen molar-refractivity contribution in [3.8, 4) is 0 Å². The zero-order chi connectivity index (χ0) is 15.6. The number of carbonyl (C=O) groups is 2. The number of hydrogen-bond acceptors (Lipinski definition) is 2. The Morgan fingerprint density at radius 2 is 1.95 bits per heavy atom. The van der Waals surface area contributed by atoms with Crippen LogP contribution in [0.4, 0.5) is 0 Å². The topological polar surface area (TPSA) is 71.3 Å². The minimum atomic E-state index is -1.01. The maximum absolute atomic E-state index is 12.5. The van der Waals surface area contributed by atoms with Crippen LogP contribution in [0, 0.1) is 6.92 Å². The Hall–Kier alpha value is -2.30. The molecule has 21 heavy (non-hydrogen) atoms. The van der Waals surface area contributed by atoms with Crippen LogP contribution in [0.1, 0.15) is 36.3 Å². The number of aliphatic carboxylic acids is 1. The van der Waals surface area contributed by atoms with Crippen LogP contribution >= 0.6 is 0 Å². The van der Waals surface area contributed by atoms with Crippen LogP contribution in [-0.4, -0.2) is 27.6 Å². The molecule has 0 bridgehead atoms. The van der Waals surface area contributed by atoms with Gasteiger partial charge in [-0.1, -0.05) is 25.1 Å². The van der Waals surface area contributed by atoms with Crippen molar-refractivity contribution in [2.75, 3.05) is 0 Å². The molecule has 0 radical (unpaired) electrons. The highest BCUT2D eigenvalue weighted by atomic mass is 16.4. The summed E-state index contributed by atoms with van der Waals surface area (Å²) >= 11 is 0.